The molecule has 0 aliphatic carbocycles. The molecular weight excluding hydrogens is 805 g/mol. The molecule has 0 spiro atoms. The molecule has 0 rings (SSSR count). The largest absolute Gasteiger partial charge is 0.462 e. The van der Waals surface area contributed by atoms with Crippen molar-refractivity contribution in [3.63, 3.8) is 0 Å². The van der Waals surface area contributed by atoms with E-state index in [0.29, 0.717) is 19.3 Å². The molecular formula is C59H96O6. The lowest BCUT2D eigenvalue weighted by atomic mass is 10.1. The number of esters is 3. The molecule has 0 amide bonds. The molecule has 0 saturated heterocycles. The molecule has 0 bridgehead atoms. The number of hydrogen-bond donors (Lipinski definition) is 0. The van der Waals surface area contributed by atoms with Crippen molar-refractivity contribution in [1.29, 1.82) is 0 Å². The van der Waals surface area contributed by atoms with Gasteiger partial charge in [0.1, 0.15) is 13.2 Å². The van der Waals surface area contributed by atoms with E-state index in [4.69, 9.17) is 14.2 Å². The van der Waals surface area contributed by atoms with Gasteiger partial charge in [0, 0.05) is 19.3 Å². The third-order valence-corrected chi connectivity index (χ3v) is 10.8. The van der Waals surface area contributed by atoms with Crippen molar-refractivity contribution in [2.75, 3.05) is 13.2 Å². The maximum absolute atomic E-state index is 12.8. The summed E-state index contributed by atoms with van der Waals surface area (Å²) in [5.41, 5.74) is 0. The van der Waals surface area contributed by atoms with E-state index in [2.05, 4.69) is 130 Å². The number of hydrogen-bond acceptors (Lipinski definition) is 6. The summed E-state index contributed by atoms with van der Waals surface area (Å²) < 4.78 is 16.8. The van der Waals surface area contributed by atoms with Gasteiger partial charge in [-0.05, 0) is 116 Å². The molecule has 6 heteroatoms. The molecule has 0 aromatic carbocycles. The number of unbranched alkanes of at least 4 members (excludes halogenated alkanes) is 18. The maximum atomic E-state index is 12.8. The van der Waals surface area contributed by atoms with Gasteiger partial charge in [0.15, 0.2) is 6.10 Å². The maximum Gasteiger partial charge on any atom is 0.306 e. The van der Waals surface area contributed by atoms with Gasteiger partial charge in [0.25, 0.3) is 0 Å². The van der Waals surface area contributed by atoms with E-state index in [-0.39, 0.29) is 31.1 Å². The van der Waals surface area contributed by atoms with Gasteiger partial charge in [0.05, 0.1) is 0 Å². The lowest BCUT2D eigenvalue weighted by molar-refractivity contribution is -0.167. The number of carbonyl (C=O) groups is 3. The zero-order chi connectivity index (χ0) is 47.2. The molecule has 6 nitrogen and oxygen atoms in total. The summed E-state index contributed by atoms with van der Waals surface area (Å²) in [5, 5.41) is 0. The summed E-state index contributed by atoms with van der Waals surface area (Å²) in [4.78, 5) is 38.0. The summed E-state index contributed by atoms with van der Waals surface area (Å²) >= 11 is 0. The van der Waals surface area contributed by atoms with Crippen LogP contribution in [0.15, 0.2) is 109 Å². The molecule has 1 unspecified atom stereocenters. The van der Waals surface area contributed by atoms with Crippen LogP contribution < -0.4 is 0 Å². The SMILES string of the molecule is CC/C=C\C/C=C\C/C=C\C/C=C\CCCCCC(=O)OCC(COC(=O)CCCCCCCC/C=C\C=C/CCCCC)OC(=O)CCCCCCCC/C=C\C/C=C\C/C=C\CC. The van der Waals surface area contributed by atoms with Crippen molar-refractivity contribution < 1.29 is 28.6 Å². The van der Waals surface area contributed by atoms with Gasteiger partial charge in [-0.25, -0.2) is 0 Å². The smallest absolute Gasteiger partial charge is 0.306 e. The average molecular weight is 901 g/mol. The summed E-state index contributed by atoms with van der Waals surface area (Å²) in [6.45, 7) is 6.32. The van der Waals surface area contributed by atoms with E-state index in [1.807, 2.05) is 0 Å². The first-order valence-corrected chi connectivity index (χ1v) is 26.4. The Kier molecular flexibility index (Phi) is 49.5. The highest BCUT2D eigenvalue weighted by Gasteiger charge is 2.19. The molecule has 0 aromatic heterocycles. The fourth-order valence-corrected chi connectivity index (χ4v) is 6.85. The van der Waals surface area contributed by atoms with Crippen molar-refractivity contribution >= 4 is 17.9 Å². The minimum atomic E-state index is -0.805. The molecule has 0 aromatic rings. The van der Waals surface area contributed by atoms with Gasteiger partial charge in [-0.2, -0.15) is 0 Å². The molecule has 0 radical (unpaired) electrons. The Balaban J connectivity index is 4.50. The average Bonchev–Trinajstić information content (AvgIpc) is 3.30. The first-order chi connectivity index (χ1) is 32.0. The highest BCUT2D eigenvalue weighted by Crippen LogP contribution is 2.13. The summed E-state index contributed by atoms with van der Waals surface area (Å²) in [6, 6.07) is 0. The Labute approximate surface area is 400 Å². The minimum absolute atomic E-state index is 0.102. The third-order valence-electron chi connectivity index (χ3n) is 10.8. The van der Waals surface area contributed by atoms with Crippen LogP contribution in [-0.2, 0) is 28.6 Å². The van der Waals surface area contributed by atoms with Crippen molar-refractivity contribution in [3.05, 3.63) is 109 Å². The lowest BCUT2D eigenvalue weighted by Gasteiger charge is -2.18. The van der Waals surface area contributed by atoms with Crippen LogP contribution in [0.2, 0.25) is 0 Å². The number of allylic oxidation sites excluding steroid dienone is 18. The quantitative estimate of drug-likeness (QED) is 0.0199. The fraction of sp³-hybridized carbons (Fsp3) is 0.644. The molecule has 0 aliphatic rings. The summed E-state index contributed by atoms with van der Waals surface area (Å²) in [7, 11) is 0. The second-order valence-corrected chi connectivity index (χ2v) is 17.0. The first kappa shape index (κ1) is 61.1. The molecule has 0 N–H and O–H groups in total. The normalized spacial score (nSPS) is 13.0. The predicted molar refractivity (Wildman–Crippen MR) is 279 cm³/mol. The van der Waals surface area contributed by atoms with E-state index in [1.54, 1.807) is 0 Å². The number of carbonyl (C=O) groups excluding carboxylic acids is 3. The molecule has 368 valence electrons. The predicted octanol–water partition coefficient (Wildman–Crippen LogP) is 17.5. The van der Waals surface area contributed by atoms with Crippen LogP contribution in [0.3, 0.4) is 0 Å². The van der Waals surface area contributed by atoms with Crippen LogP contribution in [0.4, 0.5) is 0 Å². The van der Waals surface area contributed by atoms with Crippen LogP contribution in [0.1, 0.15) is 226 Å². The molecule has 1 atom stereocenters. The molecule has 0 fully saturated rings. The zero-order valence-corrected chi connectivity index (χ0v) is 42.0. The summed E-state index contributed by atoms with van der Waals surface area (Å²) in [6.07, 6.45) is 70.6. The molecule has 0 saturated carbocycles. The van der Waals surface area contributed by atoms with E-state index in [1.165, 1.54) is 51.4 Å². The summed E-state index contributed by atoms with van der Waals surface area (Å²) in [5.74, 6) is -0.962. The zero-order valence-electron chi connectivity index (χ0n) is 42.0. The van der Waals surface area contributed by atoms with Gasteiger partial charge in [0.2, 0.25) is 0 Å². The topological polar surface area (TPSA) is 78.9 Å². The van der Waals surface area contributed by atoms with Crippen LogP contribution in [0.5, 0.6) is 0 Å². The molecule has 65 heavy (non-hydrogen) atoms. The highest BCUT2D eigenvalue weighted by atomic mass is 16.6. The molecule has 0 heterocycles. The van der Waals surface area contributed by atoms with Crippen molar-refractivity contribution in [3.8, 4) is 0 Å². The van der Waals surface area contributed by atoms with Crippen LogP contribution in [0, 0.1) is 0 Å². The third kappa shape index (κ3) is 50.9. The van der Waals surface area contributed by atoms with Crippen molar-refractivity contribution in [1.82, 2.24) is 0 Å². The van der Waals surface area contributed by atoms with Crippen molar-refractivity contribution in [2.24, 2.45) is 0 Å². The second-order valence-electron chi connectivity index (χ2n) is 17.0. The Morgan fingerprint density at radius 1 is 0.338 bits per heavy atom. The second kappa shape index (κ2) is 52.7. The minimum Gasteiger partial charge on any atom is -0.462 e. The van der Waals surface area contributed by atoms with Gasteiger partial charge < -0.3 is 14.2 Å². The highest BCUT2D eigenvalue weighted by molar-refractivity contribution is 5.71. The van der Waals surface area contributed by atoms with Crippen LogP contribution >= 0.6 is 0 Å². The standard InChI is InChI=1S/C59H96O6/c1-4-7-10-13-16-19-22-25-28-31-34-37-40-43-46-49-52-58(61)64-55-56(54-63-57(60)51-48-45-42-39-36-33-30-27-24-21-18-15-12-9-6-3)65-59(62)53-50-47-44-41-38-35-32-29-26-23-20-17-14-11-8-5-2/h7-8,10-11,16-21,24-29,34,37,56H,4-6,9,12-15,22-23,30-33,35-36,38-55H2,1-3H3/b10-7-,11-8-,19-16-,20-17-,21-18-,27-24-,28-25-,29-26-,37-34-. The Morgan fingerprint density at radius 3 is 1.05 bits per heavy atom. The lowest BCUT2D eigenvalue weighted by Crippen LogP contribution is -2.30. The monoisotopic (exact) mass is 901 g/mol. The van der Waals surface area contributed by atoms with Gasteiger partial charge in [-0.3, -0.25) is 14.4 Å². The Bertz CT molecular complexity index is 1360. The van der Waals surface area contributed by atoms with Crippen molar-refractivity contribution in [2.45, 2.75) is 232 Å². The van der Waals surface area contributed by atoms with E-state index < -0.39 is 6.10 Å². The van der Waals surface area contributed by atoms with Crippen LogP contribution in [0.25, 0.3) is 0 Å². The fourth-order valence-electron chi connectivity index (χ4n) is 6.85. The van der Waals surface area contributed by atoms with Crippen LogP contribution in [-0.4, -0.2) is 37.2 Å². The Morgan fingerprint density at radius 2 is 0.646 bits per heavy atom. The number of rotatable bonds is 46. The van der Waals surface area contributed by atoms with E-state index in [0.717, 1.165) is 135 Å². The van der Waals surface area contributed by atoms with Gasteiger partial charge >= 0.3 is 17.9 Å². The van der Waals surface area contributed by atoms with Gasteiger partial charge in [-0.1, -0.05) is 201 Å². The molecule has 0 aliphatic heterocycles. The Hall–Kier alpha value is -3.93. The first-order valence-electron chi connectivity index (χ1n) is 26.4. The van der Waals surface area contributed by atoms with E-state index in [9.17, 15) is 14.4 Å². The van der Waals surface area contributed by atoms with E-state index >= 15 is 0 Å². The van der Waals surface area contributed by atoms with Gasteiger partial charge in [-0.15, -0.1) is 0 Å². The number of ether oxygens (including phenoxy) is 3.